The predicted molar refractivity (Wildman–Crippen MR) is 109 cm³/mol. The van der Waals surface area contributed by atoms with E-state index in [1.807, 2.05) is 30.3 Å². The Labute approximate surface area is 174 Å². The van der Waals surface area contributed by atoms with Crippen molar-refractivity contribution in [2.75, 3.05) is 37.6 Å². The molecule has 2 aromatic rings. The minimum Gasteiger partial charge on any atom is -0.340 e. The van der Waals surface area contributed by atoms with Gasteiger partial charge in [-0.25, -0.2) is 12.8 Å². The number of benzene rings is 2. The first kappa shape index (κ1) is 20.5. The summed E-state index contributed by atoms with van der Waals surface area (Å²) in [5, 5.41) is 0. The summed E-state index contributed by atoms with van der Waals surface area (Å²) in [5.41, 5.74) is 0.771. The minimum absolute atomic E-state index is 0.0311. The van der Waals surface area contributed by atoms with Gasteiger partial charge in [0.15, 0.2) is 0 Å². The van der Waals surface area contributed by atoms with E-state index in [1.54, 1.807) is 9.80 Å². The lowest BCUT2D eigenvalue weighted by Crippen LogP contribution is -2.52. The first-order valence-electron chi connectivity index (χ1n) is 9.76. The van der Waals surface area contributed by atoms with Crippen molar-refractivity contribution in [3.05, 3.63) is 60.4 Å². The Morgan fingerprint density at radius 1 is 0.933 bits per heavy atom. The molecule has 4 rings (SSSR count). The molecule has 0 bridgehead atoms. The molecule has 0 unspecified atom stereocenters. The standard InChI is InChI=1S/C21H22FN3O4S/c22-17-6-8-19(9-7-17)30(28,29)24-12-10-23(11-13-24)21(27)16-14-20(26)25(15-16)18-4-2-1-3-5-18/h1-9,16H,10-15H2/t16-/m1/s1. The van der Waals surface area contributed by atoms with Crippen molar-refractivity contribution in [2.45, 2.75) is 11.3 Å². The van der Waals surface area contributed by atoms with Crippen molar-refractivity contribution in [1.29, 1.82) is 0 Å². The van der Waals surface area contributed by atoms with E-state index in [4.69, 9.17) is 0 Å². The van der Waals surface area contributed by atoms with Crippen LogP contribution >= 0.6 is 0 Å². The van der Waals surface area contributed by atoms with E-state index in [1.165, 1.54) is 16.4 Å². The molecule has 2 amide bonds. The number of carbonyl (C=O) groups excluding carboxylic acids is 2. The molecule has 0 spiro atoms. The van der Waals surface area contributed by atoms with Crippen molar-refractivity contribution in [3.8, 4) is 0 Å². The number of carbonyl (C=O) groups is 2. The maximum atomic E-state index is 13.1. The van der Waals surface area contributed by atoms with Crippen molar-refractivity contribution >= 4 is 27.5 Å². The van der Waals surface area contributed by atoms with Crippen molar-refractivity contribution in [3.63, 3.8) is 0 Å². The first-order chi connectivity index (χ1) is 14.4. The number of para-hydroxylation sites is 1. The number of piperazine rings is 1. The number of amides is 2. The summed E-state index contributed by atoms with van der Waals surface area (Å²) in [6.45, 7) is 1.17. The predicted octanol–water partition coefficient (Wildman–Crippen LogP) is 1.71. The van der Waals surface area contributed by atoms with Gasteiger partial charge in [-0.15, -0.1) is 0 Å². The van der Waals surface area contributed by atoms with Crippen LogP contribution in [0.25, 0.3) is 0 Å². The highest BCUT2D eigenvalue weighted by Gasteiger charge is 2.39. The third kappa shape index (κ3) is 3.95. The second kappa shape index (κ2) is 8.16. The molecule has 2 aliphatic heterocycles. The Kier molecular flexibility index (Phi) is 5.57. The highest BCUT2D eigenvalue weighted by atomic mass is 32.2. The first-order valence-corrected chi connectivity index (χ1v) is 11.2. The molecule has 0 saturated carbocycles. The number of nitrogens with zero attached hydrogens (tertiary/aromatic N) is 3. The molecule has 0 N–H and O–H groups in total. The largest absolute Gasteiger partial charge is 0.340 e. The summed E-state index contributed by atoms with van der Waals surface area (Å²) in [7, 11) is -3.73. The average Bonchev–Trinajstić information content (AvgIpc) is 3.16. The second-order valence-electron chi connectivity index (χ2n) is 7.42. The van der Waals surface area contributed by atoms with Gasteiger partial charge in [-0.3, -0.25) is 9.59 Å². The van der Waals surface area contributed by atoms with Gasteiger partial charge < -0.3 is 9.80 Å². The number of halogens is 1. The number of anilines is 1. The normalized spacial score (nSPS) is 20.6. The van der Waals surface area contributed by atoms with Crippen LogP contribution in [0.5, 0.6) is 0 Å². The van der Waals surface area contributed by atoms with E-state index >= 15 is 0 Å². The van der Waals surface area contributed by atoms with Crippen LogP contribution in [0, 0.1) is 11.7 Å². The molecule has 2 fully saturated rings. The van der Waals surface area contributed by atoms with Crippen LogP contribution in [-0.2, 0) is 19.6 Å². The Morgan fingerprint density at radius 2 is 1.57 bits per heavy atom. The highest BCUT2D eigenvalue weighted by molar-refractivity contribution is 7.89. The van der Waals surface area contributed by atoms with Gasteiger partial charge in [-0.05, 0) is 36.4 Å². The summed E-state index contributed by atoms with van der Waals surface area (Å²) in [6.07, 6.45) is 0.155. The van der Waals surface area contributed by atoms with Crippen LogP contribution in [0.3, 0.4) is 0 Å². The van der Waals surface area contributed by atoms with Gasteiger partial charge in [-0.2, -0.15) is 4.31 Å². The van der Waals surface area contributed by atoms with Gasteiger partial charge in [0.1, 0.15) is 5.82 Å². The summed E-state index contributed by atoms with van der Waals surface area (Å²) in [4.78, 5) is 28.6. The third-order valence-electron chi connectivity index (χ3n) is 5.54. The van der Waals surface area contributed by atoms with Gasteiger partial charge in [0.25, 0.3) is 0 Å². The molecule has 0 aromatic heterocycles. The summed E-state index contributed by atoms with van der Waals surface area (Å²) in [5.74, 6) is -1.14. The molecule has 2 heterocycles. The lowest BCUT2D eigenvalue weighted by molar-refractivity contribution is -0.136. The summed E-state index contributed by atoms with van der Waals surface area (Å²) >= 11 is 0. The highest BCUT2D eigenvalue weighted by Crippen LogP contribution is 2.27. The molecule has 2 aliphatic rings. The lowest BCUT2D eigenvalue weighted by Gasteiger charge is -2.35. The van der Waals surface area contributed by atoms with Gasteiger partial charge in [0.05, 0.1) is 10.8 Å². The van der Waals surface area contributed by atoms with E-state index in [0.29, 0.717) is 6.54 Å². The molecule has 158 valence electrons. The molecule has 0 radical (unpaired) electrons. The fourth-order valence-corrected chi connectivity index (χ4v) is 5.32. The van der Waals surface area contributed by atoms with Crippen LogP contribution in [0.4, 0.5) is 10.1 Å². The number of rotatable bonds is 4. The maximum Gasteiger partial charge on any atom is 0.243 e. The molecule has 9 heteroatoms. The Hall–Kier alpha value is -2.78. The molecule has 0 aliphatic carbocycles. The molecule has 7 nitrogen and oxygen atoms in total. The minimum atomic E-state index is -3.73. The second-order valence-corrected chi connectivity index (χ2v) is 9.36. The van der Waals surface area contributed by atoms with E-state index in [9.17, 15) is 22.4 Å². The van der Waals surface area contributed by atoms with Gasteiger partial charge >= 0.3 is 0 Å². The fraction of sp³-hybridized carbons (Fsp3) is 0.333. The van der Waals surface area contributed by atoms with Crippen LogP contribution < -0.4 is 4.90 Å². The monoisotopic (exact) mass is 431 g/mol. The van der Waals surface area contributed by atoms with E-state index in [-0.39, 0.29) is 49.3 Å². The Bertz CT molecular complexity index is 1040. The summed E-state index contributed by atoms with van der Waals surface area (Å²) < 4.78 is 39.8. The van der Waals surface area contributed by atoms with Crippen LogP contribution in [0.15, 0.2) is 59.5 Å². The number of hydrogen-bond donors (Lipinski definition) is 0. The van der Waals surface area contributed by atoms with Crippen LogP contribution in [0.2, 0.25) is 0 Å². The Balaban J connectivity index is 1.38. The average molecular weight is 431 g/mol. The van der Waals surface area contributed by atoms with Gasteiger partial charge in [-0.1, -0.05) is 18.2 Å². The smallest absolute Gasteiger partial charge is 0.243 e. The molecule has 1 atom stereocenters. The lowest BCUT2D eigenvalue weighted by atomic mass is 10.1. The quantitative estimate of drug-likeness (QED) is 0.739. The van der Waals surface area contributed by atoms with Crippen LogP contribution in [0.1, 0.15) is 6.42 Å². The molecular formula is C21H22FN3O4S. The molecule has 2 saturated heterocycles. The third-order valence-corrected chi connectivity index (χ3v) is 7.46. The molecule has 30 heavy (non-hydrogen) atoms. The maximum absolute atomic E-state index is 13.1. The molecular weight excluding hydrogens is 409 g/mol. The van der Waals surface area contributed by atoms with E-state index < -0.39 is 21.8 Å². The van der Waals surface area contributed by atoms with E-state index in [2.05, 4.69) is 0 Å². The zero-order valence-electron chi connectivity index (χ0n) is 16.3. The van der Waals surface area contributed by atoms with Gasteiger partial charge in [0.2, 0.25) is 21.8 Å². The zero-order chi connectivity index (χ0) is 21.3. The fourth-order valence-electron chi connectivity index (χ4n) is 3.89. The topological polar surface area (TPSA) is 78.0 Å². The van der Waals surface area contributed by atoms with Gasteiger partial charge in [0, 0.05) is 44.8 Å². The Morgan fingerprint density at radius 3 is 2.20 bits per heavy atom. The molecule has 2 aromatic carbocycles. The van der Waals surface area contributed by atoms with Crippen LogP contribution in [-0.4, -0.2) is 62.2 Å². The van der Waals surface area contributed by atoms with Crippen molar-refractivity contribution < 1.29 is 22.4 Å². The van der Waals surface area contributed by atoms with Crippen molar-refractivity contribution in [1.82, 2.24) is 9.21 Å². The summed E-state index contributed by atoms with van der Waals surface area (Å²) in [6, 6.07) is 13.9. The number of hydrogen-bond acceptors (Lipinski definition) is 4. The van der Waals surface area contributed by atoms with E-state index in [0.717, 1.165) is 17.8 Å². The SMILES string of the molecule is O=C([C@@H]1CC(=O)N(c2ccccc2)C1)N1CCN(S(=O)(=O)c2ccc(F)cc2)CC1. The number of sulfonamides is 1. The zero-order valence-corrected chi connectivity index (χ0v) is 17.1. The van der Waals surface area contributed by atoms with Crippen molar-refractivity contribution in [2.24, 2.45) is 5.92 Å².